The average molecular weight is 176 g/mol. The summed E-state index contributed by atoms with van der Waals surface area (Å²) in [7, 11) is 0. The number of aryl methyl sites for hydroxylation is 2. The average Bonchev–Trinajstić information content (AvgIpc) is 2.17. The Morgan fingerprint density at radius 1 is 1.23 bits per heavy atom. The normalized spacial score (nSPS) is 10.0. The van der Waals surface area contributed by atoms with Crippen LogP contribution in [0, 0.1) is 5.41 Å². The van der Waals surface area contributed by atoms with Gasteiger partial charge in [0.05, 0.1) is 0 Å². The Hall–Kier alpha value is -1.31. The molecule has 0 heterocycles. The Morgan fingerprint density at radius 2 is 1.77 bits per heavy atom. The number of hydrogen-bond acceptors (Lipinski definition) is 2. The van der Waals surface area contributed by atoms with Gasteiger partial charge in [0.25, 0.3) is 0 Å². The van der Waals surface area contributed by atoms with Crippen molar-refractivity contribution < 1.29 is 0 Å². The molecule has 0 bridgehead atoms. The molecule has 0 radical (unpaired) electrons. The fourth-order valence-electron chi connectivity index (χ4n) is 1.51. The molecule has 0 aliphatic rings. The quantitative estimate of drug-likeness (QED) is 0.539. The summed E-state index contributed by atoms with van der Waals surface area (Å²) in [4.78, 5) is 0. The molecule has 70 valence electrons. The molecule has 1 rings (SSSR count). The molecular formula is C11H16N2. The second-order valence-corrected chi connectivity index (χ2v) is 3.10. The molecule has 0 saturated heterocycles. The van der Waals surface area contributed by atoms with E-state index in [4.69, 9.17) is 11.1 Å². The minimum absolute atomic E-state index is 0.712. The van der Waals surface area contributed by atoms with E-state index in [0.717, 1.165) is 18.4 Å². The first-order chi connectivity index (χ1) is 6.22. The third-order valence-electron chi connectivity index (χ3n) is 2.32. The van der Waals surface area contributed by atoms with Crippen LogP contribution in [0.2, 0.25) is 0 Å². The Balaban J connectivity index is 3.26. The summed E-state index contributed by atoms with van der Waals surface area (Å²) in [5.74, 6) is 0. The summed E-state index contributed by atoms with van der Waals surface area (Å²) in [6.45, 7) is 4.25. The number of nitrogens with two attached hydrogens (primary N) is 1. The van der Waals surface area contributed by atoms with Crippen LogP contribution >= 0.6 is 0 Å². The van der Waals surface area contributed by atoms with Gasteiger partial charge < -0.3 is 11.1 Å². The van der Waals surface area contributed by atoms with Crippen LogP contribution in [0.25, 0.3) is 0 Å². The van der Waals surface area contributed by atoms with Crippen LogP contribution in [0.4, 0.5) is 5.69 Å². The van der Waals surface area contributed by atoms with Gasteiger partial charge in [-0.1, -0.05) is 13.8 Å². The minimum atomic E-state index is 0.712. The number of nitrogens with one attached hydrogen (secondary N) is 1. The highest BCUT2D eigenvalue weighted by Gasteiger charge is 2.03. The molecule has 1 aromatic rings. The van der Waals surface area contributed by atoms with Crippen molar-refractivity contribution in [3.8, 4) is 0 Å². The zero-order valence-corrected chi connectivity index (χ0v) is 8.22. The first-order valence-corrected chi connectivity index (χ1v) is 4.64. The van der Waals surface area contributed by atoms with E-state index in [2.05, 4.69) is 13.8 Å². The van der Waals surface area contributed by atoms with Crippen molar-refractivity contribution in [2.24, 2.45) is 0 Å². The molecule has 1 aromatic carbocycles. The smallest absolute Gasteiger partial charge is 0.0405 e. The van der Waals surface area contributed by atoms with E-state index >= 15 is 0 Å². The molecule has 0 amide bonds. The summed E-state index contributed by atoms with van der Waals surface area (Å²) in [5.41, 5.74) is 9.92. The predicted molar refractivity (Wildman–Crippen MR) is 57.5 cm³/mol. The molecule has 0 aliphatic carbocycles. The van der Waals surface area contributed by atoms with Gasteiger partial charge in [-0.25, -0.2) is 0 Å². The summed E-state index contributed by atoms with van der Waals surface area (Å²) in [6, 6.07) is 4.00. The van der Waals surface area contributed by atoms with E-state index in [1.807, 2.05) is 12.1 Å². The highest BCUT2D eigenvalue weighted by atomic mass is 14.6. The van der Waals surface area contributed by atoms with Gasteiger partial charge in [0.2, 0.25) is 0 Å². The van der Waals surface area contributed by atoms with Crippen LogP contribution < -0.4 is 5.73 Å². The SMILES string of the molecule is CCc1cc(N)c(C=N)cc1CC. The highest BCUT2D eigenvalue weighted by molar-refractivity contribution is 5.85. The van der Waals surface area contributed by atoms with Crippen molar-refractivity contribution in [1.29, 1.82) is 5.41 Å². The maximum Gasteiger partial charge on any atom is 0.0405 e. The fourth-order valence-corrected chi connectivity index (χ4v) is 1.51. The highest BCUT2D eigenvalue weighted by Crippen LogP contribution is 2.18. The van der Waals surface area contributed by atoms with Crippen molar-refractivity contribution in [3.63, 3.8) is 0 Å². The topological polar surface area (TPSA) is 49.9 Å². The van der Waals surface area contributed by atoms with E-state index in [1.165, 1.54) is 17.3 Å². The van der Waals surface area contributed by atoms with Crippen molar-refractivity contribution in [3.05, 3.63) is 28.8 Å². The first-order valence-electron chi connectivity index (χ1n) is 4.64. The zero-order valence-electron chi connectivity index (χ0n) is 8.22. The molecule has 2 nitrogen and oxygen atoms in total. The Kier molecular flexibility index (Phi) is 3.07. The van der Waals surface area contributed by atoms with Gasteiger partial charge in [0, 0.05) is 17.5 Å². The summed E-state index contributed by atoms with van der Waals surface area (Å²) in [6.07, 6.45) is 3.32. The second kappa shape index (κ2) is 4.08. The first kappa shape index (κ1) is 9.78. The molecule has 3 N–H and O–H groups in total. The van der Waals surface area contributed by atoms with E-state index < -0.39 is 0 Å². The standard InChI is InChI=1S/C11H16N2/c1-3-8-5-10(7-12)11(13)6-9(8)4-2/h5-7,12H,3-4,13H2,1-2H3. The van der Waals surface area contributed by atoms with Crippen molar-refractivity contribution >= 4 is 11.9 Å². The van der Waals surface area contributed by atoms with Gasteiger partial charge in [-0.3, -0.25) is 0 Å². The predicted octanol–water partition coefficient (Wildman–Crippen LogP) is 2.39. The lowest BCUT2D eigenvalue weighted by atomic mass is 9.99. The van der Waals surface area contributed by atoms with E-state index in [1.54, 1.807) is 0 Å². The van der Waals surface area contributed by atoms with Gasteiger partial charge in [0.1, 0.15) is 0 Å². The summed E-state index contributed by atoms with van der Waals surface area (Å²) >= 11 is 0. The third-order valence-corrected chi connectivity index (χ3v) is 2.32. The van der Waals surface area contributed by atoms with Gasteiger partial charge >= 0.3 is 0 Å². The summed E-state index contributed by atoms with van der Waals surface area (Å²) in [5, 5.41) is 7.18. The van der Waals surface area contributed by atoms with Crippen molar-refractivity contribution in [1.82, 2.24) is 0 Å². The lowest BCUT2D eigenvalue weighted by molar-refractivity contribution is 1.04. The number of anilines is 1. The van der Waals surface area contributed by atoms with Gasteiger partial charge in [-0.05, 0) is 36.1 Å². The van der Waals surface area contributed by atoms with Crippen LogP contribution in [0.1, 0.15) is 30.5 Å². The molecular weight excluding hydrogens is 160 g/mol. The third kappa shape index (κ3) is 1.89. The lowest BCUT2D eigenvalue weighted by Gasteiger charge is -2.09. The zero-order chi connectivity index (χ0) is 9.84. The number of benzene rings is 1. The fraction of sp³-hybridized carbons (Fsp3) is 0.364. The molecule has 0 atom stereocenters. The van der Waals surface area contributed by atoms with Crippen molar-refractivity contribution in [2.45, 2.75) is 26.7 Å². The number of rotatable bonds is 3. The minimum Gasteiger partial charge on any atom is -0.398 e. The maximum absolute atomic E-state index is 7.18. The van der Waals surface area contributed by atoms with E-state index in [9.17, 15) is 0 Å². The molecule has 0 aromatic heterocycles. The van der Waals surface area contributed by atoms with Crippen LogP contribution in [-0.4, -0.2) is 6.21 Å². The van der Waals surface area contributed by atoms with E-state index in [-0.39, 0.29) is 0 Å². The van der Waals surface area contributed by atoms with E-state index in [0.29, 0.717) is 5.69 Å². The largest absolute Gasteiger partial charge is 0.398 e. The molecule has 0 spiro atoms. The molecule has 0 unspecified atom stereocenters. The number of nitrogen functional groups attached to an aromatic ring is 1. The van der Waals surface area contributed by atoms with Crippen molar-refractivity contribution in [2.75, 3.05) is 5.73 Å². The Bertz CT molecular complexity index is 316. The molecule has 0 fully saturated rings. The monoisotopic (exact) mass is 176 g/mol. The van der Waals surface area contributed by atoms with Gasteiger partial charge in [0.15, 0.2) is 0 Å². The van der Waals surface area contributed by atoms with Gasteiger partial charge in [-0.2, -0.15) is 0 Å². The van der Waals surface area contributed by atoms with Crippen LogP contribution in [0.5, 0.6) is 0 Å². The van der Waals surface area contributed by atoms with Crippen LogP contribution in [0.15, 0.2) is 12.1 Å². The molecule has 13 heavy (non-hydrogen) atoms. The van der Waals surface area contributed by atoms with Gasteiger partial charge in [-0.15, -0.1) is 0 Å². The Labute approximate surface area is 79.3 Å². The Morgan fingerprint density at radius 3 is 2.23 bits per heavy atom. The van der Waals surface area contributed by atoms with Crippen LogP contribution in [0.3, 0.4) is 0 Å². The van der Waals surface area contributed by atoms with Crippen LogP contribution in [-0.2, 0) is 12.8 Å². The maximum atomic E-state index is 7.18. The number of hydrogen-bond donors (Lipinski definition) is 2. The second-order valence-electron chi connectivity index (χ2n) is 3.10. The summed E-state index contributed by atoms with van der Waals surface area (Å²) < 4.78 is 0. The molecule has 2 heteroatoms. The molecule has 0 saturated carbocycles. The lowest BCUT2D eigenvalue weighted by Crippen LogP contribution is -1.99. The molecule has 0 aliphatic heterocycles.